The summed E-state index contributed by atoms with van der Waals surface area (Å²) in [5.41, 5.74) is 5.85. The van der Waals surface area contributed by atoms with E-state index in [1.54, 1.807) is 0 Å². The lowest BCUT2D eigenvalue weighted by Crippen LogP contribution is -2.34. The average molecular weight is 291 g/mol. The van der Waals surface area contributed by atoms with Gasteiger partial charge in [0.25, 0.3) is 0 Å². The summed E-state index contributed by atoms with van der Waals surface area (Å²) < 4.78 is 0. The number of nitrogen functional groups attached to an aromatic ring is 1. The van der Waals surface area contributed by atoms with E-state index in [4.69, 9.17) is 5.73 Å². The molecule has 2 saturated heterocycles. The van der Waals surface area contributed by atoms with Crippen molar-refractivity contribution in [3.05, 3.63) is 0 Å². The van der Waals surface area contributed by atoms with Crippen molar-refractivity contribution in [2.75, 3.05) is 42.1 Å². The van der Waals surface area contributed by atoms with Crippen LogP contribution >= 0.6 is 0 Å². The fourth-order valence-corrected chi connectivity index (χ4v) is 3.51. The number of aromatic nitrogens is 3. The number of hydrogen-bond acceptors (Lipinski definition) is 7. The van der Waals surface area contributed by atoms with Crippen molar-refractivity contribution in [2.45, 2.75) is 45.2 Å². The van der Waals surface area contributed by atoms with Crippen LogP contribution in [0, 0.1) is 0 Å². The molecule has 0 aliphatic carbocycles. The quantitative estimate of drug-likeness (QED) is 0.835. The maximum Gasteiger partial charge on any atom is 0.231 e. The number of hydrogen-bond donors (Lipinski definition) is 2. The summed E-state index contributed by atoms with van der Waals surface area (Å²) in [4.78, 5) is 17.7. The Kier molecular flexibility index (Phi) is 4.10. The molecule has 116 valence electrons. The van der Waals surface area contributed by atoms with Crippen molar-refractivity contribution in [1.29, 1.82) is 0 Å². The first-order chi connectivity index (χ1) is 10.2. The zero-order valence-corrected chi connectivity index (χ0v) is 12.9. The first-order valence-corrected chi connectivity index (χ1v) is 7.98. The molecule has 0 spiro atoms. The van der Waals surface area contributed by atoms with Crippen molar-refractivity contribution in [2.24, 2.45) is 0 Å². The Balaban J connectivity index is 1.76. The number of nitrogens with two attached hydrogens (primary N) is 1. The van der Waals surface area contributed by atoms with Gasteiger partial charge >= 0.3 is 0 Å². The monoisotopic (exact) mass is 291 g/mol. The van der Waals surface area contributed by atoms with Crippen LogP contribution in [0.2, 0.25) is 0 Å². The minimum Gasteiger partial charge on any atom is -0.368 e. The van der Waals surface area contributed by atoms with Gasteiger partial charge in [0.2, 0.25) is 17.8 Å². The minimum absolute atomic E-state index is 0.288. The highest BCUT2D eigenvalue weighted by Gasteiger charge is 2.37. The largest absolute Gasteiger partial charge is 0.368 e. The van der Waals surface area contributed by atoms with Gasteiger partial charge in [0.1, 0.15) is 0 Å². The topological polar surface area (TPSA) is 83.2 Å². The normalized spacial score (nSPS) is 25.0. The molecule has 2 unspecified atom stereocenters. The van der Waals surface area contributed by atoms with Crippen LogP contribution in [0.25, 0.3) is 0 Å². The summed E-state index contributed by atoms with van der Waals surface area (Å²) in [6, 6.07) is 1.05. The number of rotatable bonds is 5. The Labute approximate surface area is 126 Å². The Hall–Kier alpha value is -1.63. The third kappa shape index (κ3) is 2.88. The molecule has 0 amide bonds. The van der Waals surface area contributed by atoms with E-state index in [9.17, 15) is 0 Å². The molecule has 3 rings (SSSR count). The van der Waals surface area contributed by atoms with E-state index in [1.807, 2.05) is 0 Å². The molecule has 0 saturated carbocycles. The van der Waals surface area contributed by atoms with Crippen LogP contribution in [0.3, 0.4) is 0 Å². The molecule has 2 atom stereocenters. The SMILES string of the molecule is CCN(CC)c1nc(N)nc(NC2CCN3CCCC23)n1. The van der Waals surface area contributed by atoms with Gasteiger partial charge in [-0.25, -0.2) is 0 Å². The molecule has 7 heteroatoms. The highest BCUT2D eigenvalue weighted by molar-refractivity contribution is 5.42. The lowest BCUT2D eigenvalue weighted by Gasteiger charge is -2.23. The second kappa shape index (κ2) is 6.01. The lowest BCUT2D eigenvalue weighted by atomic mass is 10.1. The second-order valence-corrected chi connectivity index (χ2v) is 5.77. The summed E-state index contributed by atoms with van der Waals surface area (Å²) in [6.45, 7) is 8.30. The molecular weight excluding hydrogens is 266 g/mol. The Morgan fingerprint density at radius 1 is 1.19 bits per heavy atom. The zero-order valence-electron chi connectivity index (χ0n) is 12.9. The summed E-state index contributed by atoms with van der Waals surface area (Å²) in [5, 5.41) is 3.49. The molecule has 0 aromatic carbocycles. The van der Waals surface area contributed by atoms with E-state index in [0.29, 0.717) is 24.0 Å². The van der Waals surface area contributed by atoms with Gasteiger partial charge in [-0.15, -0.1) is 0 Å². The van der Waals surface area contributed by atoms with E-state index in [-0.39, 0.29) is 5.95 Å². The van der Waals surface area contributed by atoms with E-state index >= 15 is 0 Å². The average Bonchev–Trinajstić information content (AvgIpc) is 3.05. The zero-order chi connectivity index (χ0) is 14.8. The van der Waals surface area contributed by atoms with Crippen LogP contribution in [-0.2, 0) is 0 Å². The van der Waals surface area contributed by atoms with Crippen LogP contribution in [0.1, 0.15) is 33.1 Å². The molecule has 2 aliphatic rings. The van der Waals surface area contributed by atoms with Crippen LogP contribution in [-0.4, -0.2) is 58.1 Å². The molecule has 1 aromatic rings. The number of nitrogens with zero attached hydrogens (tertiary/aromatic N) is 5. The predicted octanol–water partition coefficient (Wildman–Crippen LogP) is 0.949. The third-order valence-corrected chi connectivity index (χ3v) is 4.61. The molecule has 7 nitrogen and oxygen atoms in total. The molecule has 0 bridgehead atoms. The fourth-order valence-electron chi connectivity index (χ4n) is 3.51. The van der Waals surface area contributed by atoms with Gasteiger partial charge < -0.3 is 16.0 Å². The number of fused-ring (bicyclic) bond motifs is 1. The van der Waals surface area contributed by atoms with Crippen molar-refractivity contribution in [1.82, 2.24) is 19.9 Å². The molecular formula is C14H25N7. The summed E-state index contributed by atoms with van der Waals surface area (Å²) in [6.07, 6.45) is 3.71. The van der Waals surface area contributed by atoms with Gasteiger partial charge in [-0.2, -0.15) is 15.0 Å². The van der Waals surface area contributed by atoms with Gasteiger partial charge in [0.05, 0.1) is 0 Å². The summed E-state index contributed by atoms with van der Waals surface area (Å²) >= 11 is 0. The fraction of sp³-hybridized carbons (Fsp3) is 0.786. The molecule has 1 aromatic heterocycles. The highest BCUT2D eigenvalue weighted by Crippen LogP contribution is 2.29. The van der Waals surface area contributed by atoms with E-state index in [2.05, 4.69) is 43.9 Å². The first kappa shape index (κ1) is 14.3. The van der Waals surface area contributed by atoms with Crippen LogP contribution in [0.5, 0.6) is 0 Å². The third-order valence-electron chi connectivity index (χ3n) is 4.61. The highest BCUT2D eigenvalue weighted by atomic mass is 15.3. The predicted molar refractivity (Wildman–Crippen MR) is 84.4 cm³/mol. The smallest absolute Gasteiger partial charge is 0.231 e. The van der Waals surface area contributed by atoms with Gasteiger partial charge in [-0.3, -0.25) is 4.90 Å². The minimum atomic E-state index is 0.288. The molecule has 2 aliphatic heterocycles. The van der Waals surface area contributed by atoms with E-state index in [0.717, 1.165) is 19.5 Å². The van der Waals surface area contributed by atoms with Crippen molar-refractivity contribution in [3.63, 3.8) is 0 Å². The molecule has 3 N–H and O–H groups in total. The maximum atomic E-state index is 5.85. The summed E-state index contributed by atoms with van der Waals surface area (Å²) in [5.74, 6) is 1.56. The van der Waals surface area contributed by atoms with Crippen molar-refractivity contribution < 1.29 is 0 Å². The Bertz CT molecular complexity index is 488. The van der Waals surface area contributed by atoms with E-state index < -0.39 is 0 Å². The van der Waals surface area contributed by atoms with Gasteiger partial charge in [-0.1, -0.05) is 0 Å². The van der Waals surface area contributed by atoms with Crippen molar-refractivity contribution in [3.8, 4) is 0 Å². The van der Waals surface area contributed by atoms with Gasteiger partial charge in [-0.05, 0) is 39.7 Å². The van der Waals surface area contributed by atoms with E-state index in [1.165, 1.54) is 25.9 Å². The molecule has 21 heavy (non-hydrogen) atoms. The summed E-state index contributed by atoms with van der Waals surface area (Å²) in [7, 11) is 0. The standard InChI is InChI=1S/C14H25N7/c1-3-20(4-2)14-18-12(15)17-13(19-14)16-10-7-9-21-8-5-6-11(10)21/h10-11H,3-9H2,1-2H3,(H3,15,16,17,18,19). The Morgan fingerprint density at radius 2 is 2.00 bits per heavy atom. The molecule has 3 heterocycles. The number of nitrogens with one attached hydrogen (secondary N) is 1. The Morgan fingerprint density at radius 3 is 2.76 bits per heavy atom. The molecule has 0 radical (unpaired) electrons. The van der Waals surface area contributed by atoms with Crippen LogP contribution in [0.4, 0.5) is 17.8 Å². The maximum absolute atomic E-state index is 5.85. The van der Waals surface area contributed by atoms with Gasteiger partial charge in [0.15, 0.2) is 0 Å². The lowest BCUT2D eigenvalue weighted by molar-refractivity contribution is 0.318. The van der Waals surface area contributed by atoms with Gasteiger partial charge in [0, 0.05) is 31.7 Å². The van der Waals surface area contributed by atoms with Crippen LogP contribution in [0.15, 0.2) is 0 Å². The first-order valence-electron chi connectivity index (χ1n) is 7.98. The molecule has 2 fully saturated rings. The second-order valence-electron chi connectivity index (χ2n) is 5.77. The van der Waals surface area contributed by atoms with Crippen molar-refractivity contribution >= 4 is 17.8 Å². The number of anilines is 3. The van der Waals surface area contributed by atoms with Crippen LogP contribution < -0.4 is 16.0 Å².